The third-order valence-corrected chi connectivity index (χ3v) is 7.53. The molecule has 1 fully saturated rings. The second kappa shape index (κ2) is 11.6. The molecule has 2 N–H and O–H groups in total. The second-order valence-electron chi connectivity index (χ2n) is 10.2. The number of anilines is 1. The van der Waals surface area contributed by atoms with Gasteiger partial charge in [0.2, 0.25) is 5.91 Å². The summed E-state index contributed by atoms with van der Waals surface area (Å²) in [5.74, 6) is -2.87. The highest BCUT2D eigenvalue weighted by molar-refractivity contribution is 5.97. The number of benzene rings is 2. The van der Waals surface area contributed by atoms with Crippen LogP contribution in [0.4, 0.5) is 23.2 Å². The molecule has 2 aromatic carbocycles. The highest BCUT2D eigenvalue weighted by Crippen LogP contribution is 2.40. The van der Waals surface area contributed by atoms with Crippen molar-refractivity contribution in [2.75, 3.05) is 5.32 Å². The average molecular weight is 543 g/mol. The van der Waals surface area contributed by atoms with Crippen molar-refractivity contribution in [3.8, 4) is 11.1 Å². The van der Waals surface area contributed by atoms with E-state index in [2.05, 4.69) is 10.3 Å². The van der Waals surface area contributed by atoms with Gasteiger partial charge in [0, 0.05) is 29.2 Å². The van der Waals surface area contributed by atoms with E-state index in [0.717, 1.165) is 42.9 Å². The van der Waals surface area contributed by atoms with Gasteiger partial charge >= 0.3 is 12.1 Å². The van der Waals surface area contributed by atoms with Gasteiger partial charge in [-0.05, 0) is 66.5 Å². The Balaban J connectivity index is 1.64. The molecule has 206 valence electrons. The van der Waals surface area contributed by atoms with Crippen LogP contribution in [-0.2, 0) is 15.8 Å². The van der Waals surface area contributed by atoms with Gasteiger partial charge in [-0.1, -0.05) is 44.0 Å². The molecule has 0 unspecified atom stereocenters. The SMILES string of the molecule is Cc1c(NC(=O)[C@@H](c2ccc(-c3cncc(C(F)(F)F)c3)c(F)c2)C2CCCC2)cccc1[C@H](C)CC(=O)O. The maximum absolute atomic E-state index is 15.3. The van der Waals surface area contributed by atoms with Gasteiger partial charge in [0.15, 0.2) is 0 Å². The predicted octanol–water partition coefficient (Wildman–Crippen LogP) is 7.71. The van der Waals surface area contributed by atoms with Crippen molar-refractivity contribution >= 4 is 17.6 Å². The van der Waals surface area contributed by atoms with Crippen LogP contribution in [0.2, 0.25) is 0 Å². The number of pyridine rings is 1. The Morgan fingerprint density at radius 3 is 2.46 bits per heavy atom. The molecule has 1 aliphatic carbocycles. The minimum absolute atomic E-state index is 0.00124. The lowest BCUT2D eigenvalue weighted by Gasteiger charge is -2.25. The van der Waals surface area contributed by atoms with Crippen LogP contribution >= 0.6 is 0 Å². The number of nitrogens with one attached hydrogen (secondary N) is 1. The summed E-state index contributed by atoms with van der Waals surface area (Å²) in [6.07, 6.45) is 0.715. The summed E-state index contributed by atoms with van der Waals surface area (Å²) in [7, 11) is 0. The third-order valence-electron chi connectivity index (χ3n) is 7.53. The third kappa shape index (κ3) is 6.46. The molecular weight excluding hydrogens is 512 g/mol. The summed E-state index contributed by atoms with van der Waals surface area (Å²) >= 11 is 0. The van der Waals surface area contributed by atoms with Crippen molar-refractivity contribution in [2.45, 2.75) is 64.0 Å². The maximum atomic E-state index is 15.3. The minimum Gasteiger partial charge on any atom is -0.481 e. The second-order valence-corrected chi connectivity index (χ2v) is 10.2. The van der Waals surface area contributed by atoms with E-state index in [4.69, 9.17) is 0 Å². The molecule has 1 saturated carbocycles. The van der Waals surface area contributed by atoms with Crippen LogP contribution in [0.25, 0.3) is 11.1 Å². The molecule has 0 saturated heterocycles. The molecule has 0 radical (unpaired) electrons. The number of alkyl halides is 3. The van der Waals surface area contributed by atoms with E-state index >= 15 is 4.39 Å². The molecule has 9 heteroatoms. The number of halogens is 4. The number of hydrogen-bond acceptors (Lipinski definition) is 3. The minimum atomic E-state index is -4.61. The first-order valence-electron chi connectivity index (χ1n) is 12.9. The molecule has 3 aromatic rings. The zero-order valence-electron chi connectivity index (χ0n) is 21.7. The molecule has 1 aliphatic rings. The molecule has 0 bridgehead atoms. The normalized spacial score (nSPS) is 15.6. The Bertz CT molecular complexity index is 1370. The predicted molar refractivity (Wildman–Crippen MR) is 140 cm³/mol. The van der Waals surface area contributed by atoms with Crippen molar-refractivity contribution in [2.24, 2.45) is 5.92 Å². The zero-order valence-corrected chi connectivity index (χ0v) is 21.7. The van der Waals surface area contributed by atoms with Crippen molar-refractivity contribution in [1.29, 1.82) is 0 Å². The van der Waals surface area contributed by atoms with Crippen molar-refractivity contribution < 1.29 is 32.3 Å². The number of carbonyl (C=O) groups is 2. The van der Waals surface area contributed by atoms with Gasteiger partial charge in [0.1, 0.15) is 5.82 Å². The van der Waals surface area contributed by atoms with Crippen LogP contribution in [0.15, 0.2) is 54.9 Å². The van der Waals surface area contributed by atoms with E-state index in [1.165, 1.54) is 18.3 Å². The Labute approximate surface area is 224 Å². The fourth-order valence-corrected chi connectivity index (χ4v) is 5.53. The smallest absolute Gasteiger partial charge is 0.417 e. The molecule has 0 aliphatic heterocycles. The van der Waals surface area contributed by atoms with Gasteiger partial charge in [-0.2, -0.15) is 13.2 Å². The number of amides is 1. The van der Waals surface area contributed by atoms with E-state index in [9.17, 15) is 27.9 Å². The van der Waals surface area contributed by atoms with Crippen molar-refractivity contribution in [3.05, 3.63) is 82.9 Å². The lowest BCUT2D eigenvalue weighted by atomic mass is 9.83. The summed E-state index contributed by atoms with van der Waals surface area (Å²) < 4.78 is 54.8. The summed E-state index contributed by atoms with van der Waals surface area (Å²) in [4.78, 5) is 28.5. The molecule has 1 heterocycles. The molecule has 5 nitrogen and oxygen atoms in total. The molecule has 2 atom stereocenters. The van der Waals surface area contributed by atoms with Gasteiger partial charge in [0.25, 0.3) is 0 Å². The number of carboxylic acids is 1. The summed E-state index contributed by atoms with van der Waals surface area (Å²) in [5, 5.41) is 12.2. The number of rotatable bonds is 8. The number of hydrogen-bond donors (Lipinski definition) is 2. The van der Waals surface area contributed by atoms with Crippen LogP contribution < -0.4 is 5.32 Å². The fraction of sp³-hybridized carbons (Fsp3) is 0.367. The average Bonchev–Trinajstić information content (AvgIpc) is 3.39. The molecule has 4 rings (SSSR count). The topological polar surface area (TPSA) is 79.3 Å². The Kier molecular flexibility index (Phi) is 8.37. The van der Waals surface area contributed by atoms with Crippen LogP contribution in [0.1, 0.15) is 73.1 Å². The molecule has 1 amide bonds. The zero-order chi connectivity index (χ0) is 28.3. The summed E-state index contributed by atoms with van der Waals surface area (Å²) in [5.41, 5.74) is 1.60. The first-order valence-corrected chi connectivity index (χ1v) is 12.9. The number of aromatic nitrogens is 1. The molecule has 39 heavy (non-hydrogen) atoms. The number of carbonyl (C=O) groups excluding carboxylic acids is 1. The lowest BCUT2D eigenvalue weighted by Crippen LogP contribution is -2.27. The number of carboxylic acid groups (broad SMARTS) is 1. The quantitative estimate of drug-likeness (QED) is 0.286. The maximum Gasteiger partial charge on any atom is 0.417 e. The van der Waals surface area contributed by atoms with E-state index in [-0.39, 0.29) is 35.3 Å². The highest BCUT2D eigenvalue weighted by Gasteiger charge is 2.34. The van der Waals surface area contributed by atoms with Crippen molar-refractivity contribution in [1.82, 2.24) is 4.98 Å². The molecule has 0 spiro atoms. The summed E-state index contributed by atoms with van der Waals surface area (Å²) in [6.45, 7) is 3.64. The van der Waals surface area contributed by atoms with E-state index in [1.807, 2.05) is 19.9 Å². The Morgan fingerprint density at radius 2 is 1.82 bits per heavy atom. The van der Waals surface area contributed by atoms with Gasteiger partial charge in [-0.15, -0.1) is 0 Å². The number of nitrogens with zero attached hydrogens (tertiary/aromatic N) is 1. The van der Waals surface area contributed by atoms with E-state index in [0.29, 0.717) is 17.4 Å². The Hall–Kier alpha value is -3.75. The van der Waals surface area contributed by atoms with Gasteiger partial charge in [-0.25, -0.2) is 4.39 Å². The van der Waals surface area contributed by atoms with Gasteiger partial charge in [0.05, 0.1) is 17.9 Å². The lowest BCUT2D eigenvalue weighted by molar-refractivity contribution is -0.138. The monoisotopic (exact) mass is 542 g/mol. The fourth-order valence-electron chi connectivity index (χ4n) is 5.53. The van der Waals surface area contributed by atoms with Gasteiger partial charge in [-0.3, -0.25) is 14.6 Å². The Morgan fingerprint density at radius 1 is 1.10 bits per heavy atom. The van der Waals surface area contributed by atoms with Crippen LogP contribution in [0.5, 0.6) is 0 Å². The van der Waals surface area contributed by atoms with Crippen molar-refractivity contribution in [3.63, 3.8) is 0 Å². The largest absolute Gasteiger partial charge is 0.481 e. The van der Waals surface area contributed by atoms with Crippen LogP contribution in [0, 0.1) is 18.7 Å². The molecular formula is C30H30F4N2O3. The molecule has 1 aromatic heterocycles. The van der Waals surface area contributed by atoms with Gasteiger partial charge < -0.3 is 10.4 Å². The van der Waals surface area contributed by atoms with E-state index in [1.54, 1.807) is 18.2 Å². The first kappa shape index (κ1) is 28.3. The first-order chi connectivity index (χ1) is 18.5. The highest BCUT2D eigenvalue weighted by atomic mass is 19.4. The number of aliphatic carboxylic acids is 1. The standard InChI is InChI=1S/C30H30F4N2O3/c1-17(12-27(37)38)23-8-5-9-26(18(23)2)36-29(39)28(19-6-3-4-7-19)20-10-11-24(25(31)14-20)21-13-22(16-35-15-21)30(32,33)34/h5,8-11,13-17,19,28H,3-4,6-7,12H2,1-2H3,(H,36,39)(H,37,38)/t17-,28-/m1/s1. The van der Waals surface area contributed by atoms with Crippen LogP contribution in [-0.4, -0.2) is 22.0 Å². The summed E-state index contributed by atoms with van der Waals surface area (Å²) in [6, 6.07) is 10.4. The van der Waals surface area contributed by atoms with E-state index < -0.39 is 29.4 Å². The van der Waals surface area contributed by atoms with Crippen LogP contribution in [0.3, 0.4) is 0 Å².